The molecule has 0 saturated carbocycles. The molecule has 1 aliphatic carbocycles. The first-order chi connectivity index (χ1) is 28.8. The summed E-state index contributed by atoms with van der Waals surface area (Å²) in [6, 6.07) is 76.3. The first kappa shape index (κ1) is 31.5. The Labute approximate surface area is 335 Å². The Kier molecular flexibility index (Phi) is 6.47. The van der Waals surface area contributed by atoms with E-state index in [2.05, 4.69) is 215 Å². The summed E-state index contributed by atoms with van der Waals surface area (Å²) in [6.07, 6.45) is 0. The largest absolute Gasteiger partial charge is 0.309 e. The Morgan fingerprint density at radius 1 is 0.259 bits per heavy atom. The summed E-state index contributed by atoms with van der Waals surface area (Å²) in [5.74, 6) is 0. The lowest BCUT2D eigenvalue weighted by Gasteiger charge is -2.12. The van der Waals surface area contributed by atoms with E-state index in [1.54, 1.807) is 0 Å². The number of benzene rings is 10. The minimum absolute atomic E-state index is 1.15. The maximum atomic E-state index is 2.45. The molecule has 13 rings (SSSR count). The standard InChI is InChI=1S/C56H34N2/c1-2-13-41(14-3-1)58-54-34-40(25-30-47(54)50-31-22-36-10-4-5-15-43(36)56(50)58)39-24-29-46-45-16-6-7-19-52(45)57(53(46)33-39)42-26-20-35(21-27-42)38-23-28-44-48-17-8-11-37-12-9-18-49(55(37)48)51(44)32-38/h1-34H. The zero-order valence-electron chi connectivity index (χ0n) is 31.5. The van der Waals surface area contributed by atoms with Crippen LogP contribution in [0.25, 0.3) is 121 Å². The minimum atomic E-state index is 1.15. The number of hydrogen-bond acceptors (Lipinski definition) is 0. The van der Waals surface area contributed by atoms with E-state index in [0.717, 1.165) is 11.4 Å². The van der Waals surface area contributed by atoms with E-state index in [9.17, 15) is 0 Å². The van der Waals surface area contributed by atoms with Gasteiger partial charge in [-0.05, 0) is 109 Å². The Balaban J connectivity index is 0.952. The van der Waals surface area contributed by atoms with Crippen LogP contribution in [-0.4, -0.2) is 9.13 Å². The van der Waals surface area contributed by atoms with Gasteiger partial charge in [-0.25, -0.2) is 0 Å². The SMILES string of the molecule is c1ccc(-n2c3cc(-c4ccc5c6ccccc6n(-c6ccc(-c7ccc8c(c7)-c7cccc9cccc-8c79)cc6)c5c4)ccc3c3ccc4ccccc4c32)cc1. The van der Waals surface area contributed by atoms with E-state index in [4.69, 9.17) is 0 Å². The summed E-state index contributed by atoms with van der Waals surface area (Å²) in [5, 5.41) is 10.2. The van der Waals surface area contributed by atoms with Gasteiger partial charge in [0.25, 0.3) is 0 Å². The van der Waals surface area contributed by atoms with Crippen LogP contribution in [-0.2, 0) is 0 Å². The zero-order chi connectivity index (χ0) is 37.9. The highest BCUT2D eigenvalue weighted by atomic mass is 15.0. The second-order valence-corrected chi connectivity index (χ2v) is 15.7. The van der Waals surface area contributed by atoms with Crippen molar-refractivity contribution in [3.8, 4) is 55.9 Å². The van der Waals surface area contributed by atoms with Crippen molar-refractivity contribution in [1.82, 2.24) is 9.13 Å². The lowest BCUT2D eigenvalue weighted by Crippen LogP contribution is -1.95. The van der Waals surface area contributed by atoms with Crippen LogP contribution in [0.15, 0.2) is 206 Å². The van der Waals surface area contributed by atoms with Gasteiger partial charge >= 0.3 is 0 Å². The summed E-state index contributed by atoms with van der Waals surface area (Å²) in [4.78, 5) is 0. The van der Waals surface area contributed by atoms with Crippen LogP contribution in [0.2, 0.25) is 0 Å². The van der Waals surface area contributed by atoms with Crippen molar-refractivity contribution >= 4 is 65.2 Å². The van der Waals surface area contributed by atoms with Crippen molar-refractivity contribution in [1.29, 1.82) is 0 Å². The second kappa shape index (κ2) is 11.9. The zero-order valence-corrected chi connectivity index (χ0v) is 31.5. The molecule has 0 saturated heterocycles. The van der Waals surface area contributed by atoms with Crippen molar-refractivity contribution in [2.45, 2.75) is 0 Å². The van der Waals surface area contributed by atoms with Crippen molar-refractivity contribution in [3.63, 3.8) is 0 Å². The highest BCUT2D eigenvalue weighted by molar-refractivity contribution is 6.19. The van der Waals surface area contributed by atoms with E-state index in [-0.39, 0.29) is 0 Å². The van der Waals surface area contributed by atoms with Crippen LogP contribution in [0.5, 0.6) is 0 Å². The van der Waals surface area contributed by atoms with Gasteiger partial charge in [0.15, 0.2) is 0 Å². The molecule has 1 aliphatic rings. The first-order valence-corrected chi connectivity index (χ1v) is 20.1. The second-order valence-electron chi connectivity index (χ2n) is 15.7. The molecule has 0 N–H and O–H groups in total. The van der Waals surface area contributed by atoms with E-state index in [1.807, 2.05) is 0 Å². The first-order valence-electron chi connectivity index (χ1n) is 20.1. The third-order valence-corrected chi connectivity index (χ3v) is 12.6. The fourth-order valence-corrected chi connectivity index (χ4v) is 10.0. The van der Waals surface area contributed by atoms with Crippen LogP contribution in [0, 0.1) is 0 Å². The predicted molar refractivity (Wildman–Crippen MR) is 245 cm³/mol. The van der Waals surface area contributed by atoms with Gasteiger partial charge < -0.3 is 9.13 Å². The summed E-state index contributed by atoms with van der Waals surface area (Å²) in [5.41, 5.74) is 17.3. The fourth-order valence-electron chi connectivity index (χ4n) is 10.0. The fraction of sp³-hybridized carbons (Fsp3) is 0. The molecule has 268 valence electrons. The van der Waals surface area contributed by atoms with Crippen molar-refractivity contribution in [2.75, 3.05) is 0 Å². The molecular formula is C56H34N2. The lowest BCUT2D eigenvalue weighted by atomic mass is 9.97. The summed E-state index contributed by atoms with van der Waals surface area (Å²) < 4.78 is 4.89. The molecule has 0 unspecified atom stereocenters. The molecule has 0 aliphatic heterocycles. The molecule has 2 nitrogen and oxygen atoms in total. The molecule has 0 radical (unpaired) electrons. The number of aromatic nitrogens is 2. The van der Waals surface area contributed by atoms with Crippen molar-refractivity contribution in [2.24, 2.45) is 0 Å². The Morgan fingerprint density at radius 2 is 0.810 bits per heavy atom. The molecule has 0 spiro atoms. The molecule has 2 heteroatoms. The minimum Gasteiger partial charge on any atom is -0.309 e. The van der Waals surface area contributed by atoms with Crippen molar-refractivity contribution < 1.29 is 0 Å². The molecule has 0 bridgehead atoms. The Bertz CT molecular complexity index is 3650. The molecule has 0 atom stereocenters. The van der Waals surface area contributed by atoms with Gasteiger partial charge in [0.05, 0.1) is 22.1 Å². The maximum absolute atomic E-state index is 2.45. The van der Waals surface area contributed by atoms with Crippen LogP contribution in [0.3, 0.4) is 0 Å². The molecular weight excluding hydrogens is 701 g/mol. The molecule has 58 heavy (non-hydrogen) atoms. The van der Waals surface area contributed by atoms with Crippen molar-refractivity contribution in [3.05, 3.63) is 206 Å². The average Bonchev–Trinajstić information content (AvgIpc) is 3.93. The van der Waals surface area contributed by atoms with E-state index in [0.29, 0.717) is 0 Å². The topological polar surface area (TPSA) is 9.86 Å². The van der Waals surface area contributed by atoms with Gasteiger partial charge in [-0.15, -0.1) is 0 Å². The third-order valence-electron chi connectivity index (χ3n) is 12.6. The van der Waals surface area contributed by atoms with Gasteiger partial charge in [-0.2, -0.15) is 0 Å². The van der Waals surface area contributed by atoms with Gasteiger partial charge in [-0.3, -0.25) is 0 Å². The maximum Gasteiger partial charge on any atom is 0.0619 e. The highest BCUT2D eigenvalue weighted by Crippen LogP contribution is 2.48. The van der Waals surface area contributed by atoms with Gasteiger partial charge in [0.1, 0.15) is 0 Å². The quantitative estimate of drug-likeness (QED) is 0.170. The Hall–Kier alpha value is -7.68. The van der Waals surface area contributed by atoms with Crippen LogP contribution in [0.4, 0.5) is 0 Å². The summed E-state index contributed by atoms with van der Waals surface area (Å²) in [7, 11) is 0. The van der Waals surface area contributed by atoms with Gasteiger partial charge in [0.2, 0.25) is 0 Å². The molecule has 0 amide bonds. The third kappa shape index (κ3) is 4.43. The van der Waals surface area contributed by atoms with Crippen LogP contribution in [0.1, 0.15) is 0 Å². The number of rotatable bonds is 4. The summed E-state index contributed by atoms with van der Waals surface area (Å²) in [6.45, 7) is 0. The van der Waals surface area contributed by atoms with E-state index < -0.39 is 0 Å². The lowest BCUT2D eigenvalue weighted by molar-refractivity contribution is 1.18. The number of fused-ring (bicyclic) bond motifs is 11. The molecule has 0 fully saturated rings. The molecule has 2 aromatic heterocycles. The Morgan fingerprint density at radius 3 is 1.60 bits per heavy atom. The normalized spacial score (nSPS) is 12.1. The summed E-state index contributed by atoms with van der Waals surface area (Å²) >= 11 is 0. The van der Waals surface area contributed by atoms with E-state index >= 15 is 0 Å². The molecule has 12 aromatic rings. The smallest absolute Gasteiger partial charge is 0.0619 e. The van der Waals surface area contributed by atoms with Crippen LogP contribution >= 0.6 is 0 Å². The number of para-hydroxylation sites is 2. The number of hydrogen-bond donors (Lipinski definition) is 0. The average molecular weight is 735 g/mol. The van der Waals surface area contributed by atoms with Gasteiger partial charge in [-0.1, -0.05) is 158 Å². The van der Waals surface area contributed by atoms with E-state index in [1.165, 1.54) is 110 Å². The number of nitrogens with zero attached hydrogens (tertiary/aromatic N) is 2. The predicted octanol–water partition coefficient (Wildman–Crippen LogP) is 15.2. The highest BCUT2D eigenvalue weighted by Gasteiger charge is 2.22. The molecule has 10 aromatic carbocycles. The molecule has 2 heterocycles. The van der Waals surface area contributed by atoms with Crippen LogP contribution < -0.4 is 0 Å². The van der Waals surface area contributed by atoms with Gasteiger partial charge in [0, 0.05) is 38.3 Å². The monoisotopic (exact) mass is 734 g/mol.